The molecule has 5 rings (SSSR count). The van der Waals surface area contributed by atoms with Crippen LogP contribution >= 0.6 is 0 Å². The van der Waals surface area contributed by atoms with Gasteiger partial charge in [0.05, 0.1) is 36.5 Å². The van der Waals surface area contributed by atoms with Gasteiger partial charge in [-0.15, -0.1) is 0 Å². The number of imidazole rings is 1. The van der Waals surface area contributed by atoms with Crippen molar-refractivity contribution >= 4 is 17.3 Å². The third kappa shape index (κ3) is 4.78. The Kier molecular flexibility index (Phi) is 5.63. The molecule has 9 nitrogen and oxygen atoms in total. The SMILES string of the molecule is Cc1cc(-c2cn3cc(Nc4cc(C)nc(C)n4)nc3cn2)c(OC2CCC(O)CC2)cn1. The number of nitrogens with one attached hydrogen (secondary N) is 1. The lowest BCUT2D eigenvalue weighted by Crippen LogP contribution is -2.26. The van der Waals surface area contributed by atoms with Gasteiger partial charge in [-0.05, 0) is 52.5 Å². The van der Waals surface area contributed by atoms with E-state index >= 15 is 0 Å². The van der Waals surface area contributed by atoms with Crippen LogP contribution in [-0.4, -0.2) is 46.6 Å². The van der Waals surface area contributed by atoms with Crippen LogP contribution in [0.5, 0.6) is 5.75 Å². The van der Waals surface area contributed by atoms with E-state index in [-0.39, 0.29) is 12.2 Å². The summed E-state index contributed by atoms with van der Waals surface area (Å²) in [4.78, 5) is 22.4. The molecule has 0 bridgehead atoms. The molecule has 4 aromatic heterocycles. The minimum atomic E-state index is -0.219. The Morgan fingerprint density at radius 1 is 0.909 bits per heavy atom. The number of aliphatic hydroxyl groups is 1. The molecule has 0 aliphatic heterocycles. The number of aryl methyl sites for hydroxylation is 3. The number of ether oxygens (including phenoxy) is 1. The molecule has 1 fully saturated rings. The Bertz CT molecular complexity index is 1280. The molecule has 2 N–H and O–H groups in total. The summed E-state index contributed by atoms with van der Waals surface area (Å²) < 4.78 is 8.23. The van der Waals surface area contributed by atoms with Gasteiger partial charge in [0.25, 0.3) is 0 Å². The van der Waals surface area contributed by atoms with Crippen molar-refractivity contribution in [3.05, 3.63) is 54.1 Å². The average molecular weight is 446 g/mol. The number of anilines is 2. The van der Waals surface area contributed by atoms with E-state index in [9.17, 15) is 5.11 Å². The first-order valence-corrected chi connectivity index (χ1v) is 11.2. The van der Waals surface area contributed by atoms with Crippen LogP contribution in [0.15, 0.2) is 36.9 Å². The van der Waals surface area contributed by atoms with Crippen LogP contribution in [-0.2, 0) is 0 Å². The zero-order chi connectivity index (χ0) is 22.9. The molecule has 33 heavy (non-hydrogen) atoms. The summed E-state index contributed by atoms with van der Waals surface area (Å²) in [7, 11) is 0. The van der Waals surface area contributed by atoms with Crippen molar-refractivity contribution < 1.29 is 9.84 Å². The summed E-state index contributed by atoms with van der Waals surface area (Å²) in [5.41, 5.74) is 4.17. The van der Waals surface area contributed by atoms with Crippen LogP contribution in [0.3, 0.4) is 0 Å². The summed E-state index contributed by atoms with van der Waals surface area (Å²) in [6.07, 6.45) is 10.4. The maximum Gasteiger partial charge on any atom is 0.157 e. The quantitative estimate of drug-likeness (QED) is 0.475. The van der Waals surface area contributed by atoms with Crippen molar-refractivity contribution in [1.29, 1.82) is 0 Å². The highest BCUT2D eigenvalue weighted by Crippen LogP contribution is 2.32. The van der Waals surface area contributed by atoms with Gasteiger partial charge in [-0.1, -0.05) is 0 Å². The molecule has 0 amide bonds. The zero-order valence-electron chi connectivity index (χ0n) is 19.0. The average Bonchev–Trinajstić information content (AvgIpc) is 3.17. The minimum absolute atomic E-state index is 0.0733. The van der Waals surface area contributed by atoms with Crippen molar-refractivity contribution in [3.63, 3.8) is 0 Å². The van der Waals surface area contributed by atoms with Crippen molar-refractivity contribution in [2.75, 3.05) is 5.32 Å². The highest BCUT2D eigenvalue weighted by atomic mass is 16.5. The predicted octanol–water partition coefficient (Wildman–Crippen LogP) is 3.93. The van der Waals surface area contributed by atoms with Gasteiger partial charge in [-0.3, -0.25) is 9.97 Å². The first kappa shape index (κ1) is 21.3. The van der Waals surface area contributed by atoms with Gasteiger partial charge in [0.15, 0.2) is 11.5 Å². The summed E-state index contributed by atoms with van der Waals surface area (Å²) in [5.74, 6) is 2.79. The van der Waals surface area contributed by atoms with Crippen LogP contribution in [0, 0.1) is 20.8 Å². The van der Waals surface area contributed by atoms with E-state index in [0.29, 0.717) is 23.2 Å². The molecule has 4 heterocycles. The first-order chi connectivity index (χ1) is 15.9. The first-order valence-electron chi connectivity index (χ1n) is 11.2. The zero-order valence-corrected chi connectivity index (χ0v) is 19.0. The predicted molar refractivity (Wildman–Crippen MR) is 125 cm³/mol. The fraction of sp³-hybridized carbons (Fsp3) is 0.375. The highest BCUT2D eigenvalue weighted by Gasteiger charge is 2.22. The molecule has 0 aromatic carbocycles. The second-order valence-electron chi connectivity index (χ2n) is 8.60. The molecule has 0 radical (unpaired) electrons. The molecular weight excluding hydrogens is 418 g/mol. The number of hydrogen-bond acceptors (Lipinski definition) is 8. The standard InChI is InChI=1S/C24H27N7O2/c1-14-8-19(21(10-25-14)33-18-6-4-17(32)5-7-18)20-12-31-13-23(30-24(31)11-26-20)29-22-9-15(2)27-16(3)28-22/h8-13,17-18,32H,4-7H2,1-3H3,(H,27,28,29). The topological polar surface area (TPSA) is 110 Å². The fourth-order valence-electron chi connectivity index (χ4n) is 4.19. The number of aliphatic hydroxyl groups excluding tert-OH is 1. The molecule has 0 spiro atoms. The van der Waals surface area contributed by atoms with E-state index in [1.165, 1.54) is 0 Å². The Labute approximate surface area is 191 Å². The van der Waals surface area contributed by atoms with E-state index in [2.05, 4.69) is 30.2 Å². The van der Waals surface area contributed by atoms with Crippen molar-refractivity contribution in [3.8, 4) is 17.0 Å². The van der Waals surface area contributed by atoms with Crippen molar-refractivity contribution in [2.45, 2.75) is 58.7 Å². The summed E-state index contributed by atoms with van der Waals surface area (Å²) in [6, 6.07) is 3.87. The van der Waals surface area contributed by atoms with E-state index in [0.717, 1.165) is 54.0 Å². The number of nitrogens with zero attached hydrogens (tertiary/aromatic N) is 6. The summed E-state index contributed by atoms with van der Waals surface area (Å²) >= 11 is 0. The molecule has 1 aliphatic rings. The molecule has 0 saturated heterocycles. The monoisotopic (exact) mass is 445 g/mol. The third-order valence-corrected chi connectivity index (χ3v) is 5.78. The van der Waals surface area contributed by atoms with Gasteiger partial charge in [0.1, 0.15) is 17.4 Å². The molecule has 0 atom stereocenters. The molecule has 9 heteroatoms. The van der Waals surface area contributed by atoms with Gasteiger partial charge in [-0.2, -0.15) is 0 Å². The Balaban J connectivity index is 1.43. The lowest BCUT2D eigenvalue weighted by Gasteiger charge is -2.27. The summed E-state index contributed by atoms with van der Waals surface area (Å²) in [5, 5.41) is 13.0. The van der Waals surface area contributed by atoms with E-state index < -0.39 is 0 Å². The Hall–Kier alpha value is -3.59. The van der Waals surface area contributed by atoms with Crippen LogP contribution in [0.4, 0.5) is 11.6 Å². The number of hydrogen-bond donors (Lipinski definition) is 2. The Morgan fingerprint density at radius 3 is 2.52 bits per heavy atom. The number of rotatable bonds is 5. The largest absolute Gasteiger partial charge is 0.488 e. The fourth-order valence-corrected chi connectivity index (χ4v) is 4.19. The smallest absolute Gasteiger partial charge is 0.157 e. The van der Waals surface area contributed by atoms with Crippen molar-refractivity contribution in [2.24, 2.45) is 0 Å². The van der Waals surface area contributed by atoms with Gasteiger partial charge in [0.2, 0.25) is 0 Å². The summed E-state index contributed by atoms with van der Waals surface area (Å²) in [6.45, 7) is 5.75. The van der Waals surface area contributed by atoms with Crippen molar-refractivity contribution in [1.82, 2.24) is 29.3 Å². The number of aromatic nitrogens is 6. The second-order valence-corrected chi connectivity index (χ2v) is 8.60. The van der Waals surface area contributed by atoms with E-state index in [1.807, 2.05) is 49.7 Å². The highest BCUT2D eigenvalue weighted by molar-refractivity contribution is 5.68. The normalized spacial score (nSPS) is 18.4. The molecule has 1 aliphatic carbocycles. The van der Waals surface area contributed by atoms with Crippen LogP contribution in [0.25, 0.3) is 16.9 Å². The molecule has 4 aromatic rings. The number of fused-ring (bicyclic) bond motifs is 1. The lowest BCUT2D eigenvalue weighted by atomic mass is 9.95. The lowest BCUT2D eigenvalue weighted by molar-refractivity contribution is 0.0667. The second kappa shape index (κ2) is 8.74. The van der Waals surface area contributed by atoms with Gasteiger partial charge in [-0.25, -0.2) is 15.0 Å². The van der Waals surface area contributed by atoms with Crippen LogP contribution in [0.1, 0.15) is 42.9 Å². The molecule has 0 unspecified atom stereocenters. The number of pyridine rings is 1. The Morgan fingerprint density at radius 2 is 1.73 bits per heavy atom. The maximum absolute atomic E-state index is 9.79. The van der Waals surface area contributed by atoms with Gasteiger partial charge in [0, 0.05) is 29.2 Å². The van der Waals surface area contributed by atoms with Crippen LogP contribution in [0.2, 0.25) is 0 Å². The molecule has 1 saturated carbocycles. The van der Waals surface area contributed by atoms with E-state index in [1.54, 1.807) is 12.4 Å². The third-order valence-electron chi connectivity index (χ3n) is 5.78. The van der Waals surface area contributed by atoms with E-state index in [4.69, 9.17) is 4.74 Å². The maximum atomic E-state index is 9.79. The molecular formula is C24H27N7O2. The van der Waals surface area contributed by atoms with Gasteiger partial charge >= 0.3 is 0 Å². The molecule has 170 valence electrons. The minimum Gasteiger partial charge on any atom is -0.488 e. The van der Waals surface area contributed by atoms with Gasteiger partial charge < -0.3 is 19.6 Å². The van der Waals surface area contributed by atoms with Crippen LogP contribution < -0.4 is 10.1 Å².